The van der Waals surface area contributed by atoms with Crippen LogP contribution in [0.3, 0.4) is 0 Å². The van der Waals surface area contributed by atoms with Gasteiger partial charge in [0.05, 0.1) is 5.69 Å². The highest BCUT2D eigenvalue weighted by Gasteiger charge is 2.32. The van der Waals surface area contributed by atoms with Gasteiger partial charge in [0.25, 0.3) is 5.89 Å². The summed E-state index contributed by atoms with van der Waals surface area (Å²) in [6.45, 7) is 2.08. The van der Waals surface area contributed by atoms with Gasteiger partial charge in [-0.2, -0.15) is 0 Å². The second-order valence-electron chi connectivity index (χ2n) is 7.23. The number of hydrogen-bond acceptors (Lipinski definition) is 8. The Kier molecular flexibility index (Phi) is 4.53. The van der Waals surface area contributed by atoms with E-state index in [1.54, 1.807) is 18.3 Å². The maximum Gasteiger partial charge on any atom is 0.268 e. The van der Waals surface area contributed by atoms with Crippen LogP contribution in [0.25, 0.3) is 22.8 Å². The number of nitrogen functional groups attached to an aromatic ring is 1. The van der Waals surface area contributed by atoms with E-state index in [2.05, 4.69) is 27.1 Å². The molecule has 0 amide bonds. The zero-order valence-electron chi connectivity index (χ0n) is 14.9. The Bertz CT molecular complexity index is 948. The van der Waals surface area contributed by atoms with Gasteiger partial charge in [0.1, 0.15) is 22.4 Å². The SMILES string of the molecule is CC1(N)CCC(c2nc(N)c(-c3ccnc(Cl)c3)nc2-c2nnco2)CC1. The summed E-state index contributed by atoms with van der Waals surface area (Å²) in [5.74, 6) is 0.838. The Morgan fingerprint density at radius 2 is 2.00 bits per heavy atom. The lowest BCUT2D eigenvalue weighted by Crippen LogP contribution is -2.39. The molecular weight excluding hydrogens is 366 g/mol. The maximum atomic E-state index is 6.27. The molecule has 0 radical (unpaired) electrons. The van der Waals surface area contributed by atoms with Gasteiger partial charge in [-0.15, -0.1) is 10.2 Å². The Balaban J connectivity index is 1.81. The highest BCUT2D eigenvalue weighted by molar-refractivity contribution is 6.29. The molecular formula is C18H20ClN7O. The monoisotopic (exact) mass is 385 g/mol. The summed E-state index contributed by atoms with van der Waals surface area (Å²) in [6.07, 6.45) is 6.50. The number of pyridine rings is 1. The minimum Gasteiger partial charge on any atom is -0.422 e. The highest BCUT2D eigenvalue weighted by Crippen LogP contribution is 2.40. The maximum absolute atomic E-state index is 6.27. The van der Waals surface area contributed by atoms with Crippen molar-refractivity contribution in [1.82, 2.24) is 25.1 Å². The molecule has 0 aliphatic heterocycles. The number of anilines is 1. The standard InChI is InChI=1S/C18H20ClN7O/c1-18(21)5-2-10(3-6-18)13-15(17-26-23-9-27-17)24-14(16(20)25-13)11-4-7-22-12(19)8-11/h4,7-10H,2-3,5-6,21H2,1H3,(H2,20,25). The molecule has 4 N–H and O–H groups in total. The van der Waals surface area contributed by atoms with Crippen molar-refractivity contribution in [3.8, 4) is 22.8 Å². The Morgan fingerprint density at radius 1 is 1.22 bits per heavy atom. The minimum atomic E-state index is -0.145. The number of nitrogens with zero attached hydrogens (tertiary/aromatic N) is 5. The van der Waals surface area contributed by atoms with E-state index >= 15 is 0 Å². The van der Waals surface area contributed by atoms with E-state index in [-0.39, 0.29) is 11.5 Å². The van der Waals surface area contributed by atoms with Crippen molar-refractivity contribution < 1.29 is 4.42 Å². The molecule has 1 aliphatic carbocycles. The molecule has 0 saturated heterocycles. The van der Waals surface area contributed by atoms with Crippen molar-refractivity contribution in [2.45, 2.75) is 44.1 Å². The number of aromatic nitrogens is 5. The van der Waals surface area contributed by atoms with E-state index in [1.807, 2.05) is 0 Å². The molecule has 3 heterocycles. The van der Waals surface area contributed by atoms with E-state index in [9.17, 15) is 0 Å². The van der Waals surface area contributed by atoms with E-state index in [4.69, 9.17) is 32.5 Å². The van der Waals surface area contributed by atoms with Crippen LogP contribution in [0.5, 0.6) is 0 Å². The minimum absolute atomic E-state index is 0.145. The molecule has 1 fully saturated rings. The fraction of sp³-hybridized carbons (Fsp3) is 0.389. The molecule has 3 aromatic rings. The highest BCUT2D eigenvalue weighted by atomic mass is 35.5. The summed E-state index contributed by atoms with van der Waals surface area (Å²) in [4.78, 5) is 13.4. The average Bonchev–Trinajstić information content (AvgIpc) is 3.16. The normalized spacial score (nSPS) is 22.7. The van der Waals surface area contributed by atoms with Crippen molar-refractivity contribution in [3.05, 3.63) is 35.6 Å². The smallest absolute Gasteiger partial charge is 0.268 e. The van der Waals surface area contributed by atoms with Gasteiger partial charge >= 0.3 is 0 Å². The molecule has 8 nitrogen and oxygen atoms in total. The van der Waals surface area contributed by atoms with Crippen LogP contribution in [0.1, 0.15) is 44.2 Å². The molecule has 27 heavy (non-hydrogen) atoms. The third-order valence-corrected chi connectivity index (χ3v) is 5.23. The quantitative estimate of drug-likeness (QED) is 0.657. The van der Waals surface area contributed by atoms with E-state index in [0.717, 1.165) is 36.9 Å². The van der Waals surface area contributed by atoms with Crippen LogP contribution in [0.2, 0.25) is 5.15 Å². The number of nitrogens with two attached hydrogens (primary N) is 2. The van der Waals surface area contributed by atoms with Gasteiger partial charge in [0.2, 0.25) is 6.39 Å². The van der Waals surface area contributed by atoms with Crippen LogP contribution in [0.15, 0.2) is 29.1 Å². The van der Waals surface area contributed by atoms with Crippen molar-refractivity contribution >= 4 is 17.4 Å². The van der Waals surface area contributed by atoms with Crippen LogP contribution in [-0.4, -0.2) is 30.7 Å². The largest absolute Gasteiger partial charge is 0.422 e. The first-order chi connectivity index (χ1) is 12.9. The number of rotatable bonds is 3. The fourth-order valence-electron chi connectivity index (χ4n) is 3.49. The van der Waals surface area contributed by atoms with Gasteiger partial charge in [-0.05, 0) is 44.7 Å². The molecule has 0 aromatic carbocycles. The van der Waals surface area contributed by atoms with Gasteiger partial charge in [-0.25, -0.2) is 15.0 Å². The third-order valence-electron chi connectivity index (χ3n) is 5.03. The van der Waals surface area contributed by atoms with E-state index < -0.39 is 0 Å². The third kappa shape index (κ3) is 3.63. The molecule has 0 spiro atoms. The van der Waals surface area contributed by atoms with E-state index in [1.165, 1.54) is 6.39 Å². The lowest BCUT2D eigenvalue weighted by molar-refractivity contribution is 0.292. The summed E-state index contributed by atoms with van der Waals surface area (Å²) in [5, 5.41) is 8.16. The molecule has 1 aliphatic rings. The predicted octanol–water partition coefficient (Wildman–Crippen LogP) is 3.20. The van der Waals surface area contributed by atoms with Gasteiger partial charge in [0.15, 0.2) is 0 Å². The summed E-state index contributed by atoms with van der Waals surface area (Å²) >= 11 is 6.01. The fourth-order valence-corrected chi connectivity index (χ4v) is 3.67. The first-order valence-corrected chi connectivity index (χ1v) is 9.15. The second-order valence-corrected chi connectivity index (χ2v) is 7.62. The summed E-state index contributed by atoms with van der Waals surface area (Å²) in [6, 6.07) is 3.48. The zero-order valence-corrected chi connectivity index (χ0v) is 15.6. The van der Waals surface area contributed by atoms with Gasteiger partial charge < -0.3 is 15.9 Å². The Morgan fingerprint density at radius 3 is 2.67 bits per heavy atom. The van der Waals surface area contributed by atoms with Crippen LogP contribution in [0.4, 0.5) is 5.82 Å². The van der Waals surface area contributed by atoms with Crippen LogP contribution >= 0.6 is 11.6 Å². The lowest BCUT2D eigenvalue weighted by atomic mass is 9.76. The summed E-state index contributed by atoms with van der Waals surface area (Å²) < 4.78 is 5.42. The lowest BCUT2D eigenvalue weighted by Gasteiger charge is -2.34. The predicted molar refractivity (Wildman–Crippen MR) is 102 cm³/mol. The molecule has 140 valence electrons. The van der Waals surface area contributed by atoms with E-state index in [0.29, 0.717) is 28.2 Å². The van der Waals surface area contributed by atoms with Crippen LogP contribution < -0.4 is 11.5 Å². The first-order valence-electron chi connectivity index (χ1n) is 8.78. The van der Waals surface area contributed by atoms with Crippen molar-refractivity contribution in [1.29, 1.82) is 0 Å². The van der Waals surface area contributed by atoms with Gasteiger partial charge in [0, 0.05) is 23.2 Å². The van der Waals surface area contributed by atoms with Crippen molar-refractivity contribution in [2.24, 2.45) is 5.73 Å². The second kappa shape index (κ2) is 6.86. The average molecular weight is 386 g/mol. The molecule has 1 saturated carbocycles. The molecule has 9 heteroatoms. The Hall–Kier alpha value is -2.58. The molecule has 0 atom stereocenters. The zero-order chi connectivity index (χ0) is 19.0. The van der Waals surface area contributed by atoms with Crippen LogP contribution in [-0.2, 0) is 0 Å². The summed E-state index contributed by atoms with van der Waals surface area (Å²) in [5.41, 5.74) is 14.9. The van der Waals surface area contributed by atoms with Crippen molar-refractivity contribution in [2.75, 3.05) is 5.73 Å². The molecule has 0 unspecified atom stereocenters. The topological polar surface area (TPSA) is 130 Å². The van der Waals surface area contributed by atoms with Gasteiger partial charge in [-0.1, -0.05) is 11.6 Å². The summed E-state index contributed by atoms with van der Waals surface area (Å²) in [7, 11) is 0. The van der Waals surface area contributed by atoms with Crippen molar-refractivity contribution in [3.63, 3.8) is 0 Å². The molecule has 0 bridgehead atoms. The Labute approximate surface area is 161 Å². The number of hydrogen-bond donors (Lipinski definition) is 2. The molecule has 3 aromatic heterocycles. The van der Waals surface area contributed by atoms with Crippen LogP contribution in [0, 0.1) is 0 Å². The molecule has 4 rings (SSSR count). The first kappa shape index (κ1) is 17.8. The number of halogens is 1. The van der Waals surface area contributed by atoms with Gasteiger partial charge in [-0.3, -0.25) is 0 Å².